The molecule has 0 saturated carbocycles. The van der Waals surface area contributed by atoms with Crippen LogP contribution in [0.25, 0.3) is 0 Å². The minimum atomic E-state index is -0.250. The summed E-state index contributed by atoms with van der Waals surface area (Å²) in [6.07, 6.45) is 0. The van der Waals surface area contributed by atoms with E-state index in [1.165, 1.54) is 11.6 Å². The van der Waals surface area contributed by atoms with E-state index in [0.717, 1.165) is 11.5 Å². The molecule has 0 aliphatic carbocycles. The molecule has 0 saturated heterocycles. The summed E-state index contributed by atoms with van der Waals surface area (Å²) in [6, 6.07) is 15.2. The highest BCUT2D eigenvalue weighted by Gasteiger charge is 2.05. The van der Waals surface area contributed by atoms with E-state index >= 15 is 0 Å². The second-order valence-corrected chi connectivity index (χ2v) is 5.73. The van der Waals surface area contributed by atoms with Gasteiger partial charge in [0.05, 0.1) is 13.2 Å². The zero-order valence-electron chi connectivity index (χ0n) is 14.4. The highest BCUT2D eigenvalue weighted by Crippen LogP contribution is 2.12. The van der Waals surface area contributed by atoms with Crippen LogP contribution < -0.4 is 5.32 Å². The monoisotopic (exact) mass is 329 g/mol. The van der Waals surface area contributed by atoms with Crippen molar-refractivity contribution in [3.05, 3.63) is 71.0 Å². The van der Waals surface area contributed by atoms with Crippen molar-refractivity contribution in [3.8, 4) is 0 Å². The van der Waals surface area contributed by atoms with Crippen molar-refractivity contribution in [3.63, 3.8) is 0 Å². The number of ether oxygens (including phenoxy) is 1. The predicted octanol–water partition coefficient (Wildman–Crippen LogP) is 3.18. The lowest BCUT2D eigenvalue weighted by Gasteiger charge is -2.18. The average molecular weight is 329 g/mol. The van der Waals surface area contributed by atoms with Gasteiger partial charge in [-0.2, -0.15) is 0 Å². The van der Waals surface area contributed by atoms with Gasteiger partial charge in [0.25, 0.3) is 0 Å². The molecule has 2 rings (SSSR count). The lowest BCUT2D eigenvalue weighted by Crippen LogP contribution is -2.36. The molecule has 2 aromatic rings. The van der Waals surface area contributed by atoms with Crippen molar-refractivity contribution < 1.29 is 9.13 Å². The number of hydrogen-bond donors (Lipinski definition) is 1. The molecule has 0 unspecified atom stereocenters. The largest absolute Gasteiger partial charge is 0.380 e. The van der Waals surface area contributed by atoms with Crippen molar-refractivity contribution in [2.24, 2.45) is 4.99 Å². The van der Waals surface area contributed by atoms with Gasteiger partial charge in [-0.25, -0.2) is 9.38 Å². The molecule has 128 valence electrons. The third-order valence-electron chi connectivity index (χ3n) is 3.54. The summed E-state index contributed by atoms with van der Waals surface area (Å²) in [5, 5.41) is 3.33. The fraction of sp³-hybridized carbons (Fsp3) is 0.316. The SMILES string of the molecule is COCc1cc(CN=C(NCc2ccccc2)N(C)C)ccc1F. The van der Waals surface area contributed by atoms with Crippen molar-refractivity contribution in [2.45, 2.75) is 19.7 Å². The second kappa shape index (κ2) is 9.03. The molecule has 0 spiro atoms. The number of guanidine groups is 1. The van der Waals surface area contributed by atoms with Gasteiger partial charge in [0, 0.05) is 33.3 Å². The Morgan fingerprint density at radius 2 is 1.88 bits per heavy atom. The maximum Gasteiger partial charge on any atom is 0.194 e. The first-order chi connectivity index (χ1) is 11.6. The van der Waals surface area contributed by atoms with Crippen LogP contribution in [0.15, 0.2) is 53.5 Å². The van der Waals surface area contributed by atoms with Crippen molar-refractivity contribution in [1.29, 1.82) is 0 Å². The Balaban J connectivity index is 2.04. The van der Waals surface area contributed by atoms with Crippen LogP contribution in [-0.4, -0.2) is 32.1 Å². The third kappa shape index (κ3) is 5.35. The standard InChI is InChI=1S/C19H24FN3O/c1-23(2)19(21-12-15-7-5-4-6-8-15)22-13-16-9-10-18(20)17(11-16)14-24-3/h4-11H,12-14H2,1-3H3,(H,21,22). The molecule has 0 atom stereocenters. The fourth-order valence-electron chi connectivity index (χ4n) is 2.29. The number of nitrogens with zero attached hydrogens (tertiary/aromatic N) is 2. The van der Waals surface area contributed by atoms with E-state index in [9.17, 15) is 4.39 Å². The van der Waals surface area contributed by atoms with Crippen LogP contribution >= 0.6 is 0 Å². The predicted molar refractivity (Wildman–Crippen MR) is 95.2 cm³/mol. The van der Waals surface area contributed by atoms with Crippen LogP contribution in [0.1, 0.15) is 16.7 Å². The minimum absolute atomic E-state index is 0.250. The van der Waals surface area contributed by atoms with Crippen LogP contribution in [0.3, 0.4) is 0 Å². The number of methoxy groups -OCH3 is 1. The van der Waals surface area contributed by atoms with Gasteiger partial charge in [-0.3, -0.25) is 0 Å². The Morgan fingerprint density at radius 3 is 2.54 bits per heavy atom. The smallest absolute Gasteiger partial charge is 0.194 e. The molecule has 0 bridgehead atoms. The molecule has 0 heterocycles. The molecule has 0 aromatic heterocycles. The van der Waals surface area contributed by atoms with Crippen LogP contribution in [0.5, 0.6) is 0 Å². The fourth-order valence-corrected chi connectivity index (χ4v) is 2.29. The summed E-state index contributed by atoms with van der Waals surface area (Å²) < 4.78 is 18.7. The summed E-state index contributed by atoms with van der Waals surface area (Å²) >= 11 is 0. The first-order valence-corrected chi connectivity index (χ1v) is 7.86. The normalized spacial score (nSPS) is 11.4. The van der Waals surface area contributed by atoms with Crippen LogP contribution in [0.2, 0.25) is 0 Å². The van der Waals surface area contributed by atoms with E-state index in [4.69, 9.17) is 4.74 Å². The average Bonchev–Trinajstić information content (AvgIpc) is 2.58. The highest BCUT2D eigenvalue weighted by atomic mass is 19.1. The van der Waals surface area contributed by atoms with Crippen molar-refractivity contribution in [1.82, 2.24) is 10.2 Å². The topological polar surface area (TPSA) is 36.9 Å². The van der Waals surface area contributed by atoms with Gasteiger partial charge >= 0.3 is 0 Å². The lowest BCUT2D eigenvalue weighted by atomic mass is 10.1. The lowest BCUT2D eigenvalue weighted by molar-refractivity contribution is 0.181. The number of halogens is 1. The zero-order chi connectivity index (χ0) is 17.4. The Labute approximate surface area is 143 Å². The van der Waals surface area contributed by atoms with E-state index in [0.29, 0.717) is 18.7 Å². The molecule has 0 radical (unpaired) electrons. The molecule has 4 nitrogen and oxygen atoms in total. The summed E-state index contributed by atoms with van der Waals surface area (Å²) in [6.45, 7) is 1.44. The molecule has 24 heavy (non-hydrogen) atoms. The maximum atomic E-state index is 13.7. The number of hydrogen-bond acceptors (Lipinski definition) is 2. The molecule has 5 heteroatoms. The number of rotatable bonds is 6. The Morgan fingerprint density at radius 1 is 1.12 bits per heavy atom. The van der Waals surface area contributed by atoms with Gasteiger partial charge in [0.1, 0.15) is 5.82 Å². The van der Waals surface area contributed by atoms with Gasteiger partial charge in [0.2, 0.25) is 0 Å². The van der Waals surface area contributed by atoms with Gasteiger partial charge in [-0.05, 0) is 23.3 Å². The van der Waals surface area contributed by atoms with Crippen LogP contribution in [0, 0.1) is 5.82 Å². The first-order valence-electron chi connectivity index (χ1n) is 7.86. The maximum absolute atomic E-state index is 13.7. The third-order valence-corrected chi connectivity index (χ3v) is 3.54. The van der Waals surface area contributed by atoms with Gasteiger partial charge in [-0.15, -0.1) is 0 Å². The molecule has 0 aliphatic rings. The van der Waals surface area contributed by atoms with Gasteiger partial charge < -0.3 is 15.0 Å². The quantitative estimate of drug-likeness (QED) is 0.653. The number of benzene rings is 2. The summed E-state index contributed by atoms with van der Waals surface area (Å²) in [7, 11) is 5.44. The highest BCUT2D eigenvalue weighted by molar-refractivity contribution is 5.79. The van der Waals surface area contributed by atoms with Gasteiger partial charge in [0.15, 0.2) is 5.96 Å². The van der Waals surface area contributed by atoms with Gasteiger partial charge in [-0.1, -0.05) is 36.4 Å². The molecule has 0 amide bonds. The first kappa shape index (κ1) is 17.9. The molecule has 1 N–H and O–H groups in total. The summed E-state index contributed by atoms with van der Waals surface area (Å²) in [4.78, 5) is 6.54. The molecule has 2 aromatic carbocycles. The van der Waals surface area contributed by atoms with Crippen LogP contribution in [0.4, 0.5) is 4.39 Å². The summed E-state index contributed by atoms with van der Waals surface area (Å²) in [5.74, 6) is 0.538. The second-order valence-electron chi connectivity index (χ2n) is 5.73. The number of aliphatic imine (C=N–C) groups is 1. The van der Waals surface area contributed by atoms with E-state index in [1.54, 1.807) is 19.2 Å². The Hall–Kier alpha value is -2.40. The van der Waals surface area contributed by atoms with Crippen molar-refractivity contribution in [2.75, 3.05) is 21.2 Å². The van der Waals surface area contributed by atoms with Crippen molar-refractivity contribution >= 4 is 5.96 Å². The Kier molecular flexibility index (Phi) is 6.75. The molecule has 0 fully saturated rings. The molecule has 0 aliphatic heterocycles. The Bertz CT molecular complexity index is 672. The molecular formula is C19H24FN3O. The summed E-state index contributed by atoms with van der Waals surface area (Å²) in [5.41, 5.74) is 2.69. The van der Waals surface area contributed by atoms with E-state index < -0.39 is 0 Å². The van der Waals surface area contributed by atoms with E-state index in [-0.39, 0.29) is 12.4 Å². The van der Waals surface area contributed by atoms with Crippen LogP contribution in [-0.2, 0) is 24.4 Å². The molecular weight excluding hydrogens is 305 g/mol. The minimum Gasteiger partial charge on any atom is -0.380 e. The van der Waals surface area contributed by atoms with E-state index in [1.807, 2.05) is 37.2 Å². The number of nitrogens with one attached hydrogen (secondary N) is 1. The van der Waals surface area contributed by atoms with E-state index in [2.05, 4.69) is 22.4 Å². The zero-order valence-corrected chi connectivity index (χ0v) is 14.4.